The summed E-state index contributed by atoms with van der Waals surface area (Å²) in [4.78, 5) is 11.0. The van der Waals surface area contributed by atoms with Gasteiger partial charge in [0.25, 0.3) is 0 Å². The van der Waals surface area contributed by atoms with Crippen LogP contribution in [-0.2, 0) is 4.79 Å². The first-order valence-corrected chi connectivity index (χ1v) is 6.21. The van der Waals surface area contributed by atoms with Gasteiger partial charge in [0.05, 0.1) is 11.6 Å². The van der Waals surface area contributed by atoms with Crippen molar-refractivity contribution in [3.63, 3.8) is 0 Å². The highest BCUT2D eigenvalue weighted by atomic mass is 35.5. The highest BCUT2D eigenvalue weighted by Gasteiger charge is 2.35. The number of rotatable bonds is 3. The Morgan fingerprint density at radius 3 is 2.65 bits per heavy atom. The summed E-state index contributed by atoms with van der Waals surface area (Å²) in [5.41, 5.74) is 5.91. The summed E-state index contributed by atoms with van der Waals surface area (Å²) < 4.78 is 0. The Bertz CT molecular complexity index is 382. The predicted molar refractivity (Wildman–Crippen MR) is 72.2 cm³/mol. The first-order valence-electron chi connectivity index (χ1n) is 5.46. The summed E-state index contributed by atoms with van der Waals surface area (Å²) in [5, 5.41) is 3.57. The van der Waals surface area contributed by atoms with E-state index in [1.807, 2.05) is 20.8 Å². The van der Waals surface area contributed by atoms with Crippen molar-refractivity contribution in [2.24, 2.45) is 5.73 Å². The van der Waals surface area contributed by atoms with E-state index in [1.54, 1.807) is 6.08 Å². The summed E-state index contributed by atoms with van der Waals surface area (Å²) in [7, 11) is 0. The highest BCUT2D eigenvalue weighted by molar-refractivity contribution is 6.38. The fraction of sp³-hybridized carbons (Fsp3) is 0.583. The minimum Gasteiger partial charge on any atom is -0.398 e. The molecule has 3 nitrogen and oxygen atoms in total. The normalized spacial score (nSPS) is 25.2. The van der Waals surface area contributed by atoms with E-state index in [4.69, 9.17) is 28.9 Å². The largest absolute Gasteiger partial charge is 0.398 e. The monoisotopic (exact) mass is 276 g/mol. The molecule has 0 aromatic heterocycles. The molecular weight excluding hydrogens is 259 g/mol. The lowest BCUT2D eigenvalue weighted by atomic mass is 9.93. The van der Waals surface area contributed by atoms with Crippen LogP contribution in [0.2, 0.25) is 0 Å². The standard InChI is InChI=1S/C12H18Cl2N2O/c1-11(2,3)16-7-10(17)12(14)5-4-8(13)9(15)6-12/h4,6,16H,5,7,15H2,1-3H3. The zero-order valence-corrected chi connectivity index (χ0v) is 11.8. The Morgan fingerprint density at radius 1 is 1.59 bits per heavy atom. The maximum Gasteiger partial charge on any atom is 0.171 e. The Hall–Kier alpha value is -0.510. The summed E-state index contributed by atoms with van der Waals surface area (Å²) in [6.45, 7) is 6.18. The average molecular weight is 277 g/mol. The zero-order chi connectivity index (χ0) is 13.3. The molecule has 0 bridgehead atoms. The van der Waals surface area contributed by atoms with Crippen molar-refractivity contribution >= 4 is 29.0 Å². The van der Waals surface area contributed by atoms with Gasteiger partial charge in [-0.25, -0.2) is 0 Å². The number of ketones is 1. The Balaban J connectivity index is 2.71. The van der Waals surface area contributed by atoms with Crippen molar-refractivity contribution in [1.29, 1.82) is 0 Å². The molecule has 1 aliphatic carbocycles. The molecule has 5 heteroatoms. The van der Waals surface area contributed by atoms with Crippen molar-refractivity contribution in [2.45, 2.75) is 37.6 Å². The molecule has 0 spiro atoms. The van der Waals surface area contributed by atoms with Crippen molar-refractivity contribution in [3.05, 3.63) is 22.9 Å². The van der Waals surface area contributed by atoms with E-state index in [2.05, 4.69) is 5.32 Å². The number of hydrogen-bond acceptors (Lipinski definition) is 3. The first-order chi connectivity index (χ1) is 7.64. The van der Waals surface area contributed by atoms with Gasteiger partial charge in [0.15, 0.2) is 5.78 Å². The first kappa shape index (κ1) is 14.6. The van der Waals surface area contributed by atoms with Gasteiger partial charge in [-0.1, -0.05) is 17.7 Å². The number of halogens is 2. The molecule has 0 aliphatic heterocycles. The summed E-state index contributed by atoms with van der Waals surface area (Å²) in [6, 6.07) is 0. The summed E-state index contributed by atoms with van der Waals surface area (Å²) >= 11 is 12.1. The van der Waals surface area contributed by atoms with E-state index in [1.165, 1.54) is 6.08 Å². The minimum atomic E-state index is -1.07. The zero-order valence-electron chi connectivity index (χ0n) is 10.3. The van der Waals surface area contributed by atoms with E-state index >= 15 is 0 Å². The molecule has 1 unspecified atom stereocenters. The Morgan fingerprint density at radius 2 is 2.18 bits per heavy atom. The van der Waals surface area contributed by atoms with Gasteiger partial charge in [-0.2, -0.15) is 0 Å². The number of allylic oxidation sites excluding steroid dienone is 3. The minimum absolute atomic E-state index is 0.0996. The third kappa shape index (κ3) is 4.02. The lowest BCUT2D eigenvalue weighted by molar-refractivity contribution is -0.119. The third-order valence-corrected chi connectivity index (χ3v) is 3.33. The van der Waals surface area contributed by atoms with Gasteiger partial charge in [0, 0.05) is 11.2 Å². The molecular formula is C12H18Cl2N2O. The molecule has 1 atom stereocenters. The molecule has 96 valence electrons. The number of carbonyl (C=O) groups excluding carboxylic acids is 1. The molecule has 17 heavy (non-hydrogen) atoms. The van der Waals surface area contributed by atoms with Crippen LogP contribution in [0.4, 0.5) is 0 Å². The van der Waals surface area contributed by atoms with Crippen molar-refractivity contribution < 1.29 is 4.79 Å². The van der Waals surface area contributed by atoms with Gasteiger partial charge < -0.3 is 11.1 Å². The topological polar surface area (TPSA) is 55.1 Å². The second kappa shape index (κ2) is 5.01. The van der Waals surface area contributed by atoms with E-state index in [0.29, 0.717) is 17.2 Å². The summed E-state index contributed by atoms with van der Waals surface area (Å²) in [6.07, 6.45) is 3.58. The third-order valence-electron chi connectivity index (χ3n) is 2.48. The second-order valence-electron chi connectivity index (χ2n) is 5.25. The number of hydrogen-bond donors (Lipinski definition) is 2. The number of carbonyl (C=O) groups is 1. The molecule has 0 radical (unpaired) electrons. The van der Waals surface area contributed by atoms with Gasteiger partial charge in [-0.3, -0.25) is 4.79 Å². The number of nitrogens with one attached hydrogen (secondary N) is 1. The van der Waals surface area contributed by atoms with Gasteiger partial charge in [-0.15, -0.1) is 11.6 Å². The van der Waals surface area contributed by atoms with Crippen LogP contribution in [0.1, 0.15) is 27.2 Å². The molecule has 0 amide bonds. The summed E-state index contributed by atoms with van der Waals surface area (Å²) in [5.74, 6) is -0.0996. The fourth-order valence-electron chi connectivity index (χ4n) is 1.42. The number of Topliss-reactive ketones (excluding diaryl/α,β-unsaturated/α-hetero) is 1. The predicted octanol–water partition coefficient (Wildman–Crippen LogP) is 2.29. The van der Waals surface area contributed by atoms with Crippen molar-refractivity contribution in [1.82, 2.24) is 5.32 Å². The van der Waals surface area contributed by atoms with E-state index in [9.17, 15) is 4.79 Å². The SMILES string of the molecule is CC(C)(C)NCC(=O)C1(Cl)C=C(N)C(Cl)=CC1. The van der Waals surface area contributed by atoms with Gasteiger partial charge in [0.2, 0.25) is 0 Å². The smallest absolute Gasteiger partial charge is 0.171 e. The van der Waals surface area contributed by atoms with Crippen LogP contribution in [0.15, 0.2) is 22.9 Å². The molecule has 0 aromatic carbocycles. The molecule has 0 saturated heterocycles. The Labute approximate surface area is 112 Å². The molecule has 1 aliphatic rings. The quantitative estimate of drug-likeness (QED) is 0.778. The van der Waals surface area contributed by atoms with Crippen molar-refractivity contribution in [2.75, 3.05) is 6.54 Å². The fourth-order valence-corrected chi connectivity index (χ4v) is 1.81. The number of nitrogens with two attached hydrogens (primary N) is 1. The van der Waals surface area contributed by atoms with E-state index in [0.717, 1.165) is 0 Å². The second-order valence-corrected chi connectivity index (χ2v) is 6.33. The van der Waals surface area contributed by atoms with Crippen LogP contribution >= 0.6 is 23.2 Å². The van der Waals surface area contributed by atoms with E-state index in [-0.39, 0.29) is 17.9 Å². The Kier molecular flexibility index (Phi) is 4.28. The molecule has 0 saturated carbocycles. The molecule has 3 N–H and O–H groups in total. The maximum atomic E-state index is 12.1. The van der Waals surface area contributed by atoms with Crippen molar-refractivity contribution in [3.8, 4) is 0 Å². The highest BCUT2D eigenvalue weighted by Crippen LogP contribution is 2.32. The lowest BCUT2D eigenvalue weighted by Crippen LogP contribution is -2.45. The lowest BCUT2D eigenvalue weighted by Gasteiger charge is -2.27. The van der Waals surface area contributed by atoms with Crippen LogP contribution < -0.4 is 11.1 Å². The maximum absolute atomic E-state index is 12.1. The molecule has 0 heterocycles. The average Bonchev–Trinajstić information content (AvgIpc) is 2.19. The molecule has 1 rings (SSSR count). The van der Waals surface area contributed by atoms with Crippen LogP contribution in [0.25, 0.3) is 0 Å². The van der Waals surface area contributed by atoms with Crippen LogP contribution in [0.5, 0.6) is 0 Å². The van der Waals surface area contributed by atoms with E-state index < -0.39 is 4.87 Å². The van der Waals surface area contributed by atoms with Crippen LogP contribution in [0, 0.1) is 0 Å². The van der Waals surface area contributed by atoms with Gasteiger partial charge in [-0.05, 0) is 33.3 Å². The van der Waals surface area contributed by atoms with Gasteiger partial charge >= 0.3 is 0 Å². The molecule has 0 fully saturated rings. The molecule has 0 aromatic rings. The number of alkyl halides is 1. The van der Waals surface area contributed by atoms with Crippen LogP contribution in [-0.4, -0.2) is 22.7 Å². The van der Waals surface area contributed by atoms with Gasteiger partial charge in [0.1, 0.15) is 4.87 Å². The van der Waals surface area contributed by atoms with Crippen LogP contribution in [0.3, 0.4) is 0 Å².